The Labute approximate surface area is 70.9 Å². The Morgan fingerprint density at radius 1 is 1.55 bits per heavy atom. The molecule has 0 bridgehead atoms. The minimum Gasteiger partial charge on any atom is -0.313 e. The van der Waals surface area contributed by atoms with Gasteiger partial charge in [-0.25, -0.2) is 0 Å². The molecular formula is C10H21N. The summed E-state index contributed by atoms with van der Waals surface area (Å²) in [5.74, 6) is 0. The lowest BCUT2D eigenvalue weighted by Crippen LogP contribution is -2.38. The van der Waals surface area contributed by atoms with Gasteiger partial charge in [-0.2, -0.15) is 0 Å². The number of hydrogen-bond acceptors (Lipinski definition) is 1. The summed E-state index contributed by atoms with van der Waals surface area (Å²) in [6.45, 7) is 13.7. The van der Waals surface area contributed by atoms with Crippen LogP contribution in [-0.2, 0) is 0 Å². The standard InChI is InChI=1S/C10H21N/c1-6-8-11-9(3)10(4,5)7-2/h7,9,11H,2,6,8H2,1,3-5H3. The van der Waals surface area contributed by atoms with E-state index in [1.54, 1.807) is 0 Å². The van der Waals surface area contributed by atoms with Crippen LogP contribution in [0.5, 0.6) is 0 Å². The van der Waals surface area contributed by atoms with E-state index in [0.29, 0.717) is 6.04 Å². The van der Waals surface area contributed by atoms with Gasteiger partial charge in [0.15, 0.2) is 0 Å². The molecule has 0 fully saturated rings. The third-order valence-electron chi connectivity index (χ3n) is 2.34. The van der Waals surface area contributed by atoms with Crippen LogP contribution >= 0.6 is 0 Å². The van der Waals surface area contributed by atoms with Crippen molar-refractivity contribution < 1.29 is 0 Å². The molecule has 0 saturated heterocycles. The second-order valence-electron chi connectivity index (χ2n) is 3.70. The van der Waals surface area contributed by atoms with E-state index in [9.17, 15) is 0 Å². The fourth-order valence-corrected chi connectivity index (χ4v) is 0.801. The molecule has 66 valence electrons. The van der Waals surface area contributed by atoms with E-state index in [4.69, 9.17) is 0 Å². The van der Waals surface area contributed by atoms with Crippen molar-refractivity contribution in [2.24, 2.45) is 5.41 Å². The second kappa shape index (κ2) is 4.55. The molecule has 1 nitrogen and oxygen atoms in total. The largest absolute Gasteiger partial charge is 0.313 e. The van der Waals surface area contributed by atoms with Gasteiger partial charge < -0.3 is 5.32 Å². The normalized spacial score (nSPS) is 14.5. The van der Waals surface area contributed by atoms with E-state index in [1.165, 1.54) is 6.42 Å². The van der Waals surface area contributed by atoms with Crippen LogP contribution in [0.1, 0.15) is 34.1 Å². The highest BCUT2D eigenvalue weighted by Gasteiger charge is 2.20. The van der Waals surface area contributed by atoms with Gasteiger partial charge in [0.1, 0.15) is 0 Å². The van der Waals surface area contributed by atoms with Gasteiger partial charge in [-0.3, -0.25) is 0 Å². The van der Waals surface area contributed by atoms with Crippen LogP contribution in [0.15, 0.2) is 12.7 Å². The summed E-state index contributed by atoms with van der Waals surface area (Å²) >= 11 is 0. The predicted octanol–water partition coefficient (Wildman–Crippen LogP) is 2.59. The van der Waals surface area contributed by atoms with Gasteiger partial charge in [-0.15, -0.1) is 6.58 Å². The highest BCUT2D eigenvalue weighted by Crippen LogP contribution is 2.20. The van der Waals surface area contributed by atoms with Crippen molar-refractivity contribution in [1.82, 2.24) is 5.32 Å². The smallest absolute Gasteiger partial charge is 0.0124 e. The molecule has 0 aliphatic heterocycles. The lowest BCUT2D eigenvalue weighted by atomic mass is 9.86. The molecular weight excluding hydrogens is 134 g/mol. The molecule has 0 aromatic carbocycles. The van der Waals surface area contributed by atoms with Crippen molar-refractivity contribution in [3.63, 3.8) is 0 Å². The SMILES string of the molecule is C=CC(C)(C)C(C)NCCC. The van der Waals surface area contributed by atoms with E-state index in [1.807, 2.05) is 6.08 Å². The molecule has 0 radical (unpaired) electrons. The van der Waals surface area contributed by atoms with Gasteiger partial charge in [0.25, 0.3) is 0 Å². The van der Waals surface area contributed by atoms with Crippen molar-refractivity contribution in [2.75, 3.05) is 6.54 Å². The van der Waals surface area contributed by atoms with Crippen LogP contribution in [0.2, 0.25) is 0 Å². The van der Waals surface area contributed by atoms with Crippen LogP contribution in [0.4, 0.5) is 0 Å². The van der Waals surface area contributed by atoms with Crippen molar-refractivity contribution in [3.05, 3.63) is 12.7 Å². The highest BCUT2D eigenvalue weighted by molar-refractivity contribution is 4.94. The maximum atomic E-state index is 3.82. The first-order chi connectivity index (χ1) is 5.04. The number of hydrogen-bond donors (Lipinski definition) is 1. The number of nitrogens with one attached hydrogen (secondary N) is 1. The van der Waals surface area contributed by atoms with E-state index in [2.05, 4.69) is 39.6 Å². The molecule has 0 spiro atoms. The quantitative estimate of drug-likeness (QED) is 0.602. The Bertz CT molecular complexity index is 116. The molecule has 0 aliphatic rings. The van der Waals surface area contributed by atoms with Crippen molar-refractivity contribution in [2.45, 2.75) is 40.2 Å². The van der Waals surface area contributed by atoms with Crippen molar-refractivity contribution in [1.29, 1.82) is 0 Å². The zero-order valence-corrected chi connectivity index (χ0v) is 8.28. The van der Waals surface area contributed by atoms with Crippen molar-refractivity contribution in [3.8, 4) is 0 Å². The Morgan fingerprint density at radius 2 is 2.09 bits per heavy atom. The van der Waals surface area contributed by atoms with Crippen molar-refractivity contribution >= 4 is 0 Å². The van der Waals surface area contributed by atoms with Gasteiger partial charge in [0.05, 0.1) is 0 Å². The van der Waals surface area contributed by atoms with E-state index >= 15 is 0 Å². The van der Waals surface area contributed by atoms with Gasteiger partial charge >= 0.3 is 0 Å². The van der Waals surface area contributed by atoms with E-state index in [-0.39, 0.29) is 5.41 Å². The molecule has 0 aromatic rings. The second-order valence-corrected chi connectivity index (χ2v) is 3.70. The first-order valence-electron chi connectivity index (χ1n) is 4.41. The summed E-state index contributed by atoms with van der Waals surface area (Å²) in [5, 5.41) is 3.45. The molecule has 1 N–H and O–H groups in total. The molecule has 11 heavy (non-hydrogen) atoms. The summed E-state index contributed by atoms with van der Waals surface area (Å²) in [4.78, 5) is 0. The van der Waals surface area contributed by atoms with Gasteiger partial charge in [0.2, 0.25) is 0 Å². The lowest BCUT2D eigenvalue weighted by molar-refractivity contribution is 0.331. The third-order valence-corrected chi connectivity index (χ3v) is 2.34. The lowest BCUT2D eigenvalue weighted by Gasteiger charge is -2.29. The maximum absolute atomic E-state index is 3.82. The molecule has 0 saturated carbocycles. The summed E-state index contributed by atoms with van der Waals surface area (Å²) in [5.41, 5.74) is 0.204. The third kappa shape index (κ3) is 3.57. The Morgan fingerprint density at radius 3 is 2.45 bits per heavy atom. The van der Waals surface area contributed by atoms with E-state index < -0.39 is 0 Å². The van der Waals surface area contributed by atoms with Crippen LogP contribution < -0.4 is 5.32 Å². The minimum absolute atomic E-state index is 0.204. The molecule has 1 unspecified atom stereocenters. The Hall–Kier alpha value is -0.300. The topological polar surface area (TPSA) is 12.0 Å². The molecule has 0 aliphatic carbocycles. The summed E-state index contributed by atoms with van der Waals surface area (Å²) in [6, 6.07) is 0.514. The average Bonchev–Trinajstić information content (AvgIpc) is 2.00. The first-order valence-corrected chi connectivity index (χ1v) is 4.41. The fourth-order valence-electron chi connectivity index (χ4n) is 0.801. The molecule has 0 aromatic heterocycles. The molecule has 1 atom stereocenters. The van der Waals surface area contributed by atoms with Gasteiger partial charge in [-0.05, 0) is 25.3 Å². The van der Waals surface area contributed by atoms with E-state index in [0.717, 1.165) is 6.54 Å². The zero-order valence-electron chi connectivity index (χ0n) is 8.28. The summed E-state index contributed by atoms with van der Waals surface area (Å²) in [7, 11) is 0. The van der Waals surface area contributed by atoms with Gasteiger partial charge in [-0.1, -0.05) is 26.8 Å². The summed E-state index contributed by atoms with van der Waals surface area (Å²) < 4.78 is 0. The van der Waals surface area contributed by atoms with Crippen LogP contribution in [0.3, 0.4) is 0 Å². The first kappa shape index (κ1) is 10.7. The van der Waals surface area contributed by atoms with Crippen LogP contribution in [0.25, 0.3) is 0 Å². The number of rotatable bonds is 5. The minimum atomic E-state index is 0.204. The summed E-state index contributed by atoms with van der Waals surface area (Å²) in [6.07, 6.45) is 3.21. The monoisotopic (exact) mass is 155 g/mol. The predicted molar refractivity (Wildman–Crippen MR) is 51.7 cm³/mol. The Kier molecular flexibility index (Phi) is 4.43. The van der Waals surface area contributed by atoms with Gasteiger partial charge in [0, 0.05) is 6.04 Å². The molecule has 0 heterocycles. The molecule has 0 rings (SSSR count). The molecule has 1 heteroatoms. The highest BCUT2D eigenvalue weighted by atomic mass is 14.9. The molecule has 0 amide bonds. The fraction of sp³-hybridized carbons (Fsp3) is 0.800. The Balaban J connectivity index is 3.80. The maximum Gasteiger partial charge on any atom is 0.0124 e. The zero-order chi connectivity index (χ0) is 8.91. The average molecular weight is 155 g/mol. The van der Waals surface area contributed by atoms with Crippen LogP contribution in [-0.4, -0.2) is 12.6 Å². The van der Waals surface area contributed by atoms with Crippen LogP contribution in [0, 0.1) is 5.41 Å².